The fourth-order valence-corrected chi connectivity index (χ4v) is 2.15. The van der Waals surface area contributed by atoms with Gasteiger partial charge in [0.15, 0.2) is 0 Å². The molecule has 4 nitrogen and oxygen atoms in total. The van der Waals surface area contributed by atoms with Crippen LogP contribution in [0.25, 0.3) is 10.8 Å². The van der Waals surface area contributed by atoms with Gasteiger partial charge in [-0.05, 0) is 18.4 Å². The van der Waals surface area contributed by atoms with E-state index in [1.807, 2.05) is 31.3 Å². The van der Waals surface area contributed by atoms with Gasteiger partial charge in [-0.25, -0.2) is 4.98 Å². The van der Waals surface area contributed by atoms with E-state index in [0.717, 1.165) is 16.6 Å². The van der Waals surface area contributed by atoms with Crippen molar-refractivity contribution < 1.29 is 9.84 Å². The quantitative estimate of drug-likeness (QED) is 0.895. The van der Waals surface area contributed by atoms with E-state index in [-0.39, 0.29) is 12.6 Å². The number of aliphatic hydroxyl groups excluding tert-OH is 1. The summed E-state index contributed by atoms with van der Waals surface area (Å²) in [7, 11) is 3.69. The molecule has 0 radical (unpaired) electrons. The number of hydrogen-bond donors (Lipinski definition) is 1. The van der Waals surface area contributed by atoms with Crippen LogP contribution < -0.4 is 4.90 Å². The molecule has 0 aliphatic heterocycles. The van der Waals surface area contributed by atoms with Gasteiger partial charge in [0, 0.05) is 19.5 Å². The van der Waals surface area contributed by atoms with Crippen LogP contribution in [-0.2, 0) is 11.3 Å². The first-order valence-electron chi connectivity index (χ1n) is 6.38. The number of aliphatic hydroxyl groups is 1. The number of anilines is 1. The first kappa shape index (κ1) is 13.8. The second-order valence-electron chi connectivity index (χ2n) is 4.73. The molecule has 0 bridgehead atoms. The van der Waals surface area contributed by atoms with Crippen LogP contribution in [0.15, 0.2) is 30.3 Å². The van der Waals surface area contributed by atoms with Crippen molar-refractivity contribution in [2.75, 3.05) is 25.7 Å². The van der Waals surface area contributed by atoms with E-state index in [1.54, 1.807) is 7.11 Å². The average molecular weight is 260 g/mol. The first-order chi connectivity index (χ1) is 9.17. The standard InChI is InChI=1S/C15H20N2O2/c1-11(10-19-3)17(2)15-14-7-5-4-6-12(14)8-13(9-18)16-15/h4-8,11,18H,9-10H2,1-3H3. The number of aromatic nitrogens is 1. The first-order valence-corrected chi connectivity index (χ1v) is 6.38. The summed E-state index contributed by atoms with van der Waals surface area (Å²) in [6.07, 6.45) is 0. The Morgan fingerprint density at radius 2 is 2.11 bits per heavy atom. The van der Waals surface area contributed by atoms with E-state index >= 15 is 0 Å². The predicted molar refractivity (Wildman–Crippen MR) is 77.4 cm³/mol. The Labute approximate surface area is 113 Å². The number of pyridine rings is 1. The maximum Gasteiger partial charge on any atom is 0.136 e. The van der Waals surface area contributed by atoms with Gasteiger partial charge in [-0.15, -0.1) is 0 Å². The molecule has 0 saturated carbocycles. The molecule has 1 aromatic carbocycles. The number of methoxy groups -OCH3 is 1. The summed E-state index contributed by atoms with van der Waals surface area (Å²) in [6.45, 7) is 2.67. The third-order valence-corrected chi connectivity index (χ3v) is 3.34. The highest BCUT2D eigenvalue weighted by Crippen LogP contribution is 2.26. The Hall–Kier alpha value is -1.65. The molecule has 0 aliphatic carbocycles. The molecular weight excluding hydrogens is 240 g/mol. The van der Waals surface area contributed by atoms with Crippen LogP contribution >= 0.6 is 0 Å². The summed E-state index contributed by atoms with van der Waals surface area (Å²) in [4.78, 5) is 6.63. The molecule has 0 spiro atoms. The van der Waals surface area contributed by atoms with Crippen LogP contribution in [-0.4, -0.2) is 36.9 Å². The number of benzene rings is 1. The number of rotatable bonds is 5. The zero-order valence-corrected chi connectivity index (χ0v) is 11.6. The summed E-state index contributed by atoms with van der Waals surface area (Å²) >= 11 is 0. The topological polar surface area (TPSA) is 45.6 Å². The van der Waals surface area contributed by atoms with Gasteiger partial charge < -0.3 is 14.7 Å². The SMILES string of the molecule is COCC(C)N(C)c1nc(CO)cc2ccccc12. The number of hydrogen-bond acceptors (Lipinski definition) is 4. The lowest BCUT2D eigenvalue weighted by molar-refractivity contribution is 0.183. The van der Waals surface area contributed by atoms with E-state index in [4.69, 9.17) is 4.74 Å². The second kappa shape index (κ2) is 5.99. The van der Waals surface area contributed by atoms with Crippen LogP contribution in [0.3, 0.4) is 0 Å². The van der Waals surface area contributed by atoms with Crippen molar-refractivity contribution >= 4 is 16.6 Å². The lowest BCUT2D eigenvalue weighted by Crippen LogP contribution is -2.33. The fraction of sp³-hybridized carbons (Fsp3) is 0.400. The molecule has 0 aliphatic rings. The summed E-state index contributed by atoms with van der Waals surface area (Å²) in [5.74, 6) is 0.881. The van der Waals surface area contributed by atoms with E-state index in [0.29, 0.717) is 12.3 Å². The number of likely N-dealkylation sites (N-methyl/N-ethyl adjacent to an activating group) is 1. The van der Waals surface area contributed by atoms with E-state index in [1.165, 1.54) is 0 Å². The molecule has 1 heterocycles. The summed E-state index contributed by atoms with van der Waals surface area (Å²) in [5, 5.41) is 11.5. The molecule has 4 heteroatoms. The van der Waals surface area contributed by atoms with E-state index in [2.05, 4.69) is 22.9 Å². The van der Waals surface area contributed by atoms with Crippen LogP contribution in [0.1, 0.15) is 12.6 Å². The molecule has 0 amide bonds. The van der Waals surface area contributed by atoms with E-state index < -0.39 is 0 Å². The molecule has 2 aromatic rings. The molecule has 2 rings (SSSR count). The third-order valence-electron chi connectivity index (χ3n) is 3.34. The second-order valence-corrected chi connectivity index (χ2v) is 4.73. The maximum absolute atomic E-state index is 9.34. The highest BCUT2D eigenvalue weighted by atomic mass is 16.5. The zero-order chi connectivity index (χ0) is 13.8. The average Bonchev–Trinajstić information content (AvgIpc) is 2.45. The molecule has 1 unspecified atom stereocenters. The Balaban J connectivity index is 2.51. The van der Waals surface area contributed by atoms with Crippen molar-refractivity contribution in [1.29, 1.82) is 0 Å². The largest absolute Gasteiger partial charge is 0.390 e. The van der Waals surface area contributed by atoms with Gasteiger partial charge in [0.2, 0.25) is 0 Å². The molecule has 1 aromatic heterocycles. The van der Waals surface area contributed by atoms with Crippen molar-refractivity contribution in [2.24, 2.45) is 0 Å². The van der Waals surface area contributed by atoms with Crippen LogP contribution in [0.5, 0.6) is 0 Å². The highest BCUT2D eigenvalue weighted by Gasteiger charge is 2.15. The minimum atomic E-state index is -0.0513. The van der Waals surface area contributed by atoms with Crippen molar-refractivity contribution in [3.8, 4) is 0 Å². The van der Waals surface area contributed by atoms with Crippen LogP contribution in [0.4, 0.5) is 5.82 Å². The van der Waals surface area contributed by atoms with Crippen molar-refractivity contribution in [3.63, 3.8) is 0 Å². The van der Waals surface area contributed by atoms with Gasteiger partial charge in [0.25, 0.3) is 0 Å². The van der Waals surface area contributed by atoms with Gasteiger partial charge in [-0.1, -0.05) is 24.3 Å². The molecule has 19 heavy (non-hydrogen) atoms. The molecule has 102 valence electrons. The minimum absolute atomic E-state index is 0.0513. The van der Waals surface area contributed by atoms with Gasteiger partial charge in [0.1, 0.15) is 5.82 Å². The number of fused-ring (bicyclic) bond motifs is 1. The Bertz CT molecular complexity index is 557. The molecule has 0 saturated heterocycles. The zero-order valence-electron chi connectivity index (χ0n) is 11.6. The fourth-order valence-electron chi connectivity index (χ4n) is 2.15. The van der Waals surface area contributed by atoms with E-state index in [9.17, 15) is 5.11 Å². The van der Waals surface area contributed by atoms with Gasteiger partial charge in [0.05, 0.1) is 24.9 Å². The Kier molecular flexibility index (Phi) is 4.35. The lowest BCUT2D eigenvalue weighted by atomic mass is 10.1. The molecular formula is C15H20N2O2. The number of ether oxygens (including phenoxy) is 1. The number of nitrogens with zero attached hydrogens (tertiary/aromatic N) is 2. The van der Waals surface area contributed by atoms with Crippen molar-refractivity contribution in [2.45, 2.75) is 19.6 Å². The monoisotopic (exact) mass is 260 g/mol. The summed E-state index contributed by atoms with van der Waals surface area (Å²) < 4.78 is 5.20. The lowest BCUT2D eigenvalue weighted by Gasteiger charge is -2.27. The summed E-state index contributed by atoms with van der Waals surface area (Å²) in [6, 6.07) is 10.2. The Morgan fingerprint density at radius 1 is 1.37 bits per heavy atom. The van der Waals surface area contributed by atoms with Crippen LogP contribution in [0, 0.1) is 0 Å². The predicted octanol–water partition coefficient (Wildman–Crippen LogP) is 2.20. The van der Waals surface area contributed by atoms with Crippen LogP contribution in [0.2, 0.25) is 0 Å². The third kappa shape index (κ3) is 2.85. The van der Waals surface area contributed by atoms with Gasteiger partial charge >= 0.3 is 0 Å². The molecule has 1 N–H and O–H groups in total. The molecule has 0 fully saturated rings. The van der Waals surface area contributed by atoms with Gasteiger partial charge in [-0.2, -0.15) is 0 Å². The van der Waals surface area contributed by atoms with Gasteiger partial charge in [-0.3, -0.25) is 0 Å². The molecule has 1 atom stereocenters. The highest BCUT2D eigenvalue weighted by molar-refractivity contribution is 5.92. The minimum Gasteiger partial charge on any atom is -0.390 e. The van der Waals surface area contributed by atoms with Crippen molar-refractivity contribution in [1.82, 2.24) is 4.98 Å². The van der Waals surface area contributed by atoms with Crippen molar-refractivity contribution in [3.05, 3.63) is 36.0 Å². The maximum atomic E-state index is 9.34. The smallest absolute Gasteiger partial charge is 0.136 e. The Morgan fingerprint density at radius 3 is 2.79 bits per heavy atom. The summed E-state index contributed by atoms with van der Waals surface area (Å²) in [5.41, 5.74) is 0.685. The normalized spacial score (nSPS) is 12.6.